The summed E-state index contributed by atoms with van der Waals surface area (Å²) in [7, 11) is -3.64. The summed E-state index contributed by atoms with van der Waals surface area (Å²) in [6.07, 6.45) is 5.31. The maximum atomic E-state index is 13.7. The van der Waals surface area contributed by atoms with E-state index in [1.807, 2.05) is 18.2 Å². The summed E-state index contributed by atoms with van der Waals surface area (Å²) in [4.78, 5) is 2.83. The van der Waals surface area contributed by atoms with Gasteiger partial charge in [-0.05, 0) is 92.3 Å². The highest BCUT2D eigenvalue weighted by Gasteiger charge is 2.73. The fourth-order valence-electron chi connectivity index (χ4n) is 8.19. The number of phenolic OH excluding ortho intramolecular Hbond substituents is 1. The lowest BCUT2D eigenvalue weighted by Crippen LogP contribution is -2.70. The Hall–Kier alpha value is -1.93. The van der Waals surface area contributed by atoms with Gasteiger partial charge in [-0.3, -0.25) is 4.90 Å². The third kappa shape index (κ3) is 2.70. The molecule has 0 aromatic heterocycles. The molecule has 0 radical (unpaired) electrons. The van der Waals surface area contributed by atoms with Crippen LogP contribution in [0.15, 0.2) is 53.4 Å². The number of sulfonamides is 1. The van der Waals surface area contributed by atoms with Gasteiger partial charge in [0.05, 0.1) is 10.5 Å². The van der Waals surface area contributed by atoms with E-state index < -0.39 is 21.0 Å². The van der Waals surface area contributed by atoms with Crippen molar-refractivity contribution >= 4 is 10.0 Å². The maximum Gasteiger partial charge on any atom is 0.243 e. The molecule has 4 fully saturated rings. The number of nitrogens with zero attached hydrogens (tertiary/aromatic N) is 2. The molecular formula is C27H32N2O4S. The topological polar surface area (TPSA) is 81.1 Å². The minimum atomic E-state index is -3.64. The van der Waals surface area contributed by atoms with Crippen LogP contribution < -0.4 is 0 Å². The molecule has 2 aliphatic heterocycles. The molecule has 2 aromatic rings. The molecule has 5 unspecified atom stereocenters. The van der Waals surface area contributed by atoms with Crippen molar-refractivity contribution in [3.8, 4) is 5.75 Å². The molecule has 2 bridgehead atoms. The molecule has 0 spiro atoms. The van der Waals surface area contributed by atoms with Crippen LogP contribution in [-0.2, 0) is 21.9 Å². The first-order valence-electron chi connectivity index (χ1n) is 12.7. The van der Waals surface area contributed by atoms with Gasteiger partial charge in [-0.1, -0.05) is 24.3 Å². The molecule has 2 heterocycles. The van der Waals surface area contributed by atoms with Crippen LogP contribution >= 0.6 is 0 Å². The molecule has 5 aliphatic rings. The van der Waals surface area contributed by atoms with Crippen molar-refractivity contribution in [2.45, 2.75) is 66.5 Å². The van der Waals surface area contributed by atoms with E-state index in [4.69, 9.17) is 0 Å². The number of piperidine rings is 1. The van der Waals surface area contributed by atoms with E-state index in [1.54, 1.807) is 34.6 Å². The summed E-state index contributed by atoms with van der Waals surface area (Å²) in [5.41, 5.74) is 0.748. The summed E-state index contributed by atoms with van der Waals surface area (Å²) in [5.74, 6) is 1.00. The Kier molecular flexibility index (Phi) is 4.44. The van der Waals surface area contributed by atoms with Gasteiger partial charge in [-0.2, -0.15) is 4.31 Å². The predicted molar refractivity (Wildman–Crippen MR) is 128 cm³/mol. The fraction of sp³-hybridized carbons (Fsp3) is 0.556. The number of hydrogen-bond donors (Lipinski definition) is 2. The lowest BCUT2D eigenvalue weighted by Gasteiger charge is -2.60. The Morgan fingerprint density at radius 2 is 1.82 bits per heavy atom. The number of aliphatic hydroxyl groups is 1. The molecule has 0 amide bonds. The van der Waals surface area contributed by atoms with Gasteiger partial charge < -0.3 is 10.2 Å². The SMILES string of the molecule is O=S(=O)(c1ccccc1)N1CCC2C1CC1(O)C3Cc4ccc(O)cc4C21CCN3CC1CC1. The monoisotopic (exact) mass is 480 g/mol. The van der Waals surface area contributed by atoms with Gasteiger partial charge in [0.2, 0.25) is 10.0 Å². The quantitative estimate of drug-likeness (QED) is 0.703. The molecule has 2 aromatic carbocycles. The largest absolute Gasteiger partial charge is 0.508 e. The van der Waals surface area contributed by atoms with Gasteiger partial charge in [-0.15, -0.1) is 0 Å². The van der Waals surface area contributed by atoms with E-state index >= 15 is 0 Å². The van der Waals surface area contributed by atoms with E-state index in [1.165, 1.54) is 18.4 Å². The number of benzene rings is 2. The third-order valence-electron chi connectivity index (χ3n) is 9.73. The molecule has 34 heavy (non-hydrogen) atoms. The summed E-state index contributed by atoms with van der Waals surface area (Å²) < 4.78 is 29.1. The van der Waals surface area contributed by atoms with E-state index in [2.05, 4.69) is 4.90 Å². The van der Waals surface area contributed by atoms with Crippen molar-refractivity contribution < 1.29 is 18.6 Å². The van der Waals surface area contributed by atoms with Crippen molar-refractivity contribution in [3.05, 3.63) is 59.7 Å². The van der Waals surface area contributed by atoms with Crippen molar-refractivity contribution in [2.75, 3.05) is 19.6 Å². The van der Waals surface area contributed by atoms with E-state index in [9.17, 15) is 18.6 Å². The lowest BCUT2D eigenvalue weighted by molar-refractivity contribution is -0.141. The van der Waals surface area contributed by atoms with Gasteiger partial charge in [0.25, 0.3) is 0 Å². The first-order chi connectivity index (χ1) is 16.3. The first-order valence-corrected chi connectivity index (χ1v) is 14.1. The Bertz CT molecular complexity index is 1250. The molecule has 5 atom stereocenters. The zero-order chi connectivity index (χ0) is 23.3. The number of rotatable bonds is 4. The molecule has 7 rings (SSSR count). The van der Waals surface area contributed by atoms with Crippen molar-refractivity contribution in [2.24, 2.45) is 11.8 Å². The number of aromatic hydroxyl groups is 1. The maximum absolute atomic E-state index is 13.7. The highest BCUT2D eigenvalue weighted by Crippen LogP contribution is 2.66. The van der Waals surface area contributed by atoms with Gasteiger partial charge >= 0.3 is 0 Å². The highest BCUT2D eigenvalue weighted by atomic mass is 32.2. The molecule has 2 saturated carbocycles. The van der Waals surface area contributed by atoms with E-state index in [-0.39, 0.29) is 23.8 Å². The second-order valence-corrected chi connectivity index (χ2v) is 13.1. The Balaban J connectivity index is 1.35. The molecular weight excluding hydrogens is 448 g/mol. The lowest BCUT2D eigenvalue weighted by atomic mass is 9.53. The zero-order valence-corrected chi connectivity index (χ0v) is 20.1. The third-order valence-corrected chi connectivity index (χ3v) is 11.7. The molecule has 6 nitrogen and oxygen atoms in total. The summed E-state index contributed by atoms with van der Waals surface area (Å²) in [5, 5.41) is 23.1. The van der Waals surface area contributed by atoms with Crippen LogP contribution in [0, 0.1) is 11.8 Å². The number of hydrogen-bond acceptors (Lipinski definition) is 5. The fourth-order valence-corrected chi connectivity index (χ4v) is 9.88. The number of likely N-dealkylation sites (tertiary alicyclic amines) is 1. The Morgan fingerprint density at radius 3 is 2.59 bits per heavy atom. The van der Waals surface area contributed by atoms with Gasteiger partial charge in [-0.25, -0.2) is 8.42 Å². The van der Waals surface area contributed by atoms with E-state index in [0.29, 0.717) is 17.9 Å². The van der Waals surface area contributed by atoms with Crippen LogP contribution in [0.25, 0.3) is 0 Å². The van der Waals surface area contributed by atoms with E-state index in [0.717, 1.165) is 43.8 Å². The van der Waals surface area contributed by atoms with Gasteiger partial charge in [0, 0.05) is 30.6 Å². The van der Waals surface area contributed by atoms with Crippen molar-refractivity contribution in [1.29, 1.82) is 0 Å². The van der Waals surface area contributed by atoms with Crippen LogP contribution in [0.2, 0.25) is 0 Å². The summed E-state index contributed by atoms with van der Waals surface area (Å²) in [6.45, 7) is 2.43. The highest BCUT2D eigenvalue weighted by molar-refractivity contribution is 7.89. The average Bonchev–Trinajstić information content (AvgIpc) is 3.46. The van der Waals surface area contributed by atoms with Crippen LogP contribution in [0.3, 0.4) is 0 Å². The van der Waals surface area contributed by atoms with Crippen LogP contribution in [0.1, 0.15) is 43.2 Å². The smallest absolute Gasteiger partial charge is 0.243 e. The second kappa shape index (κ2) is 7.06. The van der Waals surface area contributed by atoms with Crippen LogP contribution in [0.4, 0.5) is 0 Å². The molecule has 2 saturated heterocycles. The molecule has 3 aliphatic carbocycles. The van der Waals surface area contributed by atoms with Crippen LogP contribution in [-0.4, -0.2) is 65.2 Å². The standard InChI is InChI=1S/C27H32N2O4S/c30-20-9-8-19-14-25-27(31)16-24-22(10-12-29(24)34(32,33)21-4-2-1-3-5-21)26(27,23(19)15-20)11-13-28(25)17-18-6-7-18/h1-5,8-9,15,18,22,24-25,30-31H,6-7,10-14,16-17H2. The molecule has 180 valence electrons. The second-order valence-electron chi connectivity index (χ2n) is 11.2. The Labute approximate surface area is 201 Å². The average molecular weight is 481 g/mol. The van der Waals surface area contributed by atoms with Crippen LogP contribution in [0.5, 0.6) is 5.75 Å². The number of phenols is 1. The normalized spacial score (nSPS) is 37.3. The van der Waals surface area contributed by atoms with Gasteiger partial charge in [0.1, 0.15) is 5.75 Å². The molecule has 7 heteroatoms. The van der Waals surface area contributed by atoms with Crippen molar-refractivity contribution in [1.82, 2.24) is 9.21 Å². The zero-order valence-electron chi connectivity index (χ0n) is 19.3. The Morgan fingerprint density at radius 1 is 1.03 bits per heavy atom. The molecule has 2 N–H and O–H groups in total. The first kappa shape index (κ1) is 21.4. The minimum absolute atomic E-state index is 0.00854. The summed E-state index contributed by atoms with van der Waals surface area (Å²) >= 11 is 0. The minimum Gasteiger partial charge on any atom is -0.508 e. The number of fused-ring (bicyclic) bond motifs is 2. The summed E-state index contributed by atoms with van der Waals surface area (Å²) in [6, 6.07) is 14.1. The van der Waals surface area contributed by atoms with Crippen molar-refractivity contribution in [3.63, 3.8) is 0 Å². The predicted octanol–water partition coefficient (Wildman–Crippen LogP) is 2.88. The van der Waals surface area contributed by atoms with Gasteiger partial charge in [0.15, 0.2) is 0 Å².